The summed E-state index contributed by atoms with van der Waals surface area (Å²) in [7, 11) is 1.47. The minimum Gasteiger partial charge on any atom is -0.496 e. The molecule has 2 aromatic heterocycles. The van der Waals surface area contributed by atoms with E-state index in [0.29, 0.717) is 39.1 Å². The molecule has 0 saturated heterocycles. The lowest BCUT2D eigenvalue weighted by atomic mass is 10.1. The van der Waals surface area contributed by atoms with Crippen LogP contribution in [0.5, 0.6) is 5.75 Å². The fourth-order valence-corrected chi connectivity index (χ4v) is 3.05. The van der Waals surface area contributed by atoms with Crippen molar-refractivity contribution in [2.75, 3.05) is 12.4 Å². The summed E-state index contributed by atoms with van der Waals surface area (Å²) in [4.78, 5) is 17.3. The molecule has 1 amide bonds. The summed E-state index contributed by atoms with van der Waals surface area (Å²) in [5.74, 6) is 0.779. The molecular formula is C19H17ClN6O3. The highest BCUT2D eigenvalue weighted by atomic mass is 35.5. The molecule has 29 heavy (non-hydrogen) atoms. The summed E-state index contributed by atoms with van der Waals surface area (Å²) < 4.78 is 12.5. The lowest BCUT2D eigenvalue weighted by Gasteiger charge is -2.12. The third-order valence-corrected chi connectivity index (χ3v) is 4.57. The Kier molecular flexibility index (Phi) is 4.89. The number of aromatic nitrogens is 5. The Morgan fingerprint density at radius 1 is 1.28 bits per heavy atom. The number of oxazole rings is 1. The maximum absolute atomic E-state index is 12.9. The van der Waals surface area contributed by atoms with Crippen LogP contribution in [-0.4, -0.2) is 38.2 Å². The SMILES string of the molecule is COc1cc(-n2cnnn2)c(Cl)cc1C(=O)Nc1ccc2oc(C(C)C)nc2c1. The molecule has 4 rings (SSSR count). The van der Waals surface area contributed by atoms with E-state index in [0.717, 1.165) is 0 Å². The van der Waals surface area contributed by atoms with Gasteiger partial charge in [-0.1, -0.05) is 25.4 Å². The number of hydrogen-bond donors (Lipinski definition) is 1. The van der Waals surface area contributed by atoms with Crippen molar-refractivity contribution in [3.63, 3.8) is 0 Å². The number of carbonyl (C=O) groups is 1. The molecule has 1 N–H and O–H groups in total. The van der Waals surface area contributed by atoms with Gasteiger partial charge in [-0.25, -0.2) is 4.98 Å². The summed E-state index contributed by atoms with van der Waals surface area (Å²) in [6.45, 7) is 4.00. The van der Waals surface area contributed by atoms with E-state index < -0.39 is 0 Å². The van der Waals surface area contributed by atoms with Crippen molar-refractivity contribution in [1.29, 1.82) is 0 Å². The van der Waals surface area contributed by atoms with Gasteiger partial charge in [0.05, 0.1) is 23.4 Å². The molecule has 148 valence electrons. The lowest BCUT2D eigenvalue weighted by Crippen LogP contribution is -2.14. The van der Waals surface area contributed by atoms with Gasteiger partial charge in [0, 0.05) is 17.7 Å². The van der Waals surface area contributed by atoms with Gasteiger partial charge >= 0.3 is 0 Å². The number of hydrogen-bond acceptors (Lipinski definition) is 7. The maximum atomic E-state index is 12.9. The molecule has 0 fully saturated rings. The van der Waals surface area contributed by atoms with Gasteiger partial charge in [-0.05, 0) is 34.7 Å². The van der Waals surface area contributed by atoms with Crippen LogP contribution in [0.1, 0.15) is 36.0 Å². The second kappa shape index (κ2) is 7.51. The molecule has 0 aliphatic rings. The Labute approximate surface area is 170 Å². The number of nitrogens with zero attached hydrogens (tertiary/aromatic N) is 5. The molecule has 2 aromatic carbocycles. The van der Waals surface area contributed by atoms with E-state index in [1.54, 1.807) is 24.3 Å². The normalized spacial score (nSPS) is 11.2. The Bertz CT molecular complexity index is 1190. The van der Waals surface area contributed by atoms with Crippen molar-refractivity contribution in [3.8, 4) is 11.4 Å². The first kappa shape index (κ1) is 18.9. The molecule has 0 saturated carbocycles. The number of carbonyl (C=O) groups excluding carboxylic acids is 1. The first-order valence-corrected chi connectivity index (χ1v) is 9.17. The minimum absolute atomic E-state index is 0.172. The molecule has 0 radical (unpaired) electrons. The monoisotopic (exact) mass is 412 g/mol. The molecule has 10 heteroatoms. The Morgan fingerprint density at radius 2 is 2.10 bits per heavy atom. The van der Waals surface area contributed by atoms with Gasteiger partial charge in [0.15, 0.2) is 11.5 Å². The first-order chi connectivity index (χ1) is 14.0. The third kappa shape index (κ3) is 3.64. The van der Waals surface area contributed by atoms with Crippen LogP contribution >= 0.6 is 11.6 Å². The molecule has 0 aliphatic heterocycles. The molecule has 0 spiro atoms. The second-order valence-electron chi connectivity index (χ2n) is 6.60. The van der Waals surface area contributed by atoms with Gasteiger partial charge in [0.1, 0.15) is 17.6 Å². The lowest BCUT2D eigenvalue weighted by molar-refractivity contribution is 0.102. The average Bonchev–Trinajstić information content (AvgIpc) is 3.37. The van der Waals surface area contributed by atoms with Crippen molar-refractivity contribution in [2.45, 2.75) is 19.8 Å². The number of tetrazole rings is 1. The van der Waals surface area contributed by atoms with E-state index in [-0.39, 0.29) is 17.4 Å². The highest BCUT2D eigenvalue weighted by Gasteiger charge is 2.18. The largest absolute Gasteiger partial charge is 0.496 e. The van der Waals surface area contributed by atoms with E-state index >= 15 is 0 Å². The van der Waals surface area contributed by atoms with Crippen LogP contribution < -0.4 is 10.1 Å². The van der Waals surface area contributed by atoms with E-state index in [9.17, 15) is 4.79 Å². The molecule has 0 atom stereocenters. The zero-order chi connectivity index (χ0) is 20.5. The van der Waals surface area contributed by atoms with Crippen molar-refractivity contribution >= 4 is 34.3 Å². The van der Waals surface area contributed by atoms with Crippen LogP contribution in [-0.2, 0) is 0 Å². The number of benzene rings is 2. The fourth-order valence-electron chi connectivity index (χ4n) is 2.80. The minimum atomic E-state index is -0.376. The predicted molar refractivity (Wildman–Crippen MR) is 107 cm³/mol. The van der Waals surface area contributed by atoms with Crippen LogP contribution in [0.4, 0.5) is 5.69 Å². The van der Waals surface area contributed by atoms with Crippen molar-refractivity contribution in [1.82, 2.24) is 25.2 Å². The number of fused-ring (bicyclic) bond motifs is 1. The molecule has 9 nitrogen and oxygen atoms in total. The topological polar surface area (TPSA) is 108 Å². The third-order valence-electron chi connectivity index (χ3n) is 4.27. The predicted octanol–water partition coefficient (Wildman–Crippen LogP) is 3.84. The molecule has 0 unspecified atom stereocenters. The summed E-state index contributed by atoms with van der Waals surface area (Å²) in [5.41, 5.74) is 2.69. The quantitative estimate of drug-likeness (QED) is 0.530. The van der Waals surface area contributed by atoms with Gasteiger partial charge in [0.25, 0.3) is 5.91 Å². The molecular weight excluding hydrogens is 396 g/mol. The fraction of sp³-hybridized carbons (Fsp3) is 0.211. The highest BCUT2D eigenvalue weighted by Crippen LogP contribution is 2.30. The van der Waals surface area contributed by atoms with Crippen molar-refractivity contribution < 1.29 is 13.9 Å². The standard InChI is InChI=1S/C19H17ClN6O3/c1-10(2)19-23-14-6-11(4-5-16(14)29-19)22-18(27)12-7-13(20)15(8-17(12)28-3)26-9-21-24-25-26/h4-10H,1-3H3,(H,22,27). The van der Waals surface area contributed by atoms with Crippen LogP contribution in [0.15, 0.2) is 41.1 Å². The molecule has 4 aromatic rings. The molecule has 0 bridgehead atoms. The van der Waals surface area contributed by atoms with Gasteiger partial charge in [-0.3, -0.25) is 4.79 Å². The number of amides is 1. The summed E-state index contributed by atoms with van der Waals surface area (Å²) in [6, 6.07) is 8.39. The molecule has 0 aliphatic carbocycles. The van der Waals surface area contributed by atoms with E-state index in [1.165, 1.54) is 24.2 Å². The Balaban J connectivity index is 1.64. The zero-order valence-corrected chi connectivity index (χ0v) is 16.6. The first-order valence-electron chi connectivity index (χ1n) is 8.79. The Hall–Kier alpha value is -3.46. The Morgan fingerprint density at radius 3 is 2.79 bits per heavy atom. The summed E-state index contributed by atoms with van der Waals surface area (Å²) >= 11 is 6.33. The van der Waals surface area contributed by atoms with Crippen LogP contribution in [0, 0.1) is 0 Å². The summed E-state index contributed by atoms with van der Waals surface area (Å²) in [6.07, 6.45) is 1.40. The number of nitrogens with one attached hydrogen (secondary N) is 1. The zero-order valence-electron chi connectivity index (χ0n) is 15.9. The average molecular weight is 413 g/mol. The van der Waals surface area contributed by atoms with Gasteiger partial charge in [0.2, 0.25) is 0 Å². The van der Waals surface area contributed by atoms with Gasteiger partial charge in [-0.2, -0.15) is 4.68 Å². The maximum Gasteiger partial charge on any atom is 0.259 e. The van der Waals surface area contributed by atoms with E-state index in [4.69, 9.17) is 20.8 Å². The van der Waals surface area contributed by atoms with E-state index in [2.05, 4.69) is 25.8 Å². The van der Waals surface area contributed by atoms with E-state index in [1.807, 2.05) is 13.8 Å². The number of anilines is 1. The molecule has 2 heterocycles. The van der Waals surface area contributed by atoms with Crippen LogP contribution in [0.25, 0.3) is 16.8 Å². The van der Waals surface area contributed by atoms with Crippen molar-refractivity contribution in [3.05, 3.63) is 53.1 Å². The number of methoxy groups -OCH3 is 1. The number of rotatable bonds is 5. The second-order valence-corrected chi connectivity index (χ2v) is 7.01. The van der Waals surface area contributed by atoms with Gasteiger partial charge < -0.3 is 14.5 Å². The summed E-state index contributed by atoms with van der Waals surface area (Å²) in [5, 5.41) is 14.1. The van der Waals surface area contributed by atoms with Crippen molar-refractivity contribution in [2.24, 2.45) is 0 Å². The highest BCUT2D eigenvalue weighted by molar-refractivity contribution is 6.33. The number of halogens is 1. The van der Waals surface area contributed by atoms with Gasteiger partial charge in [-0.15, -0.1) is 5.10 Å². The van der Waals surface area contributed by atoms with Crippen LogP contribution in [0.3, 0.4) is 0 Å². The smallest absolute Gasteiger partial charge is 0.259 e. The van der Waals surface area contributed by atoms with Crippen LogP contribution in [0.2, 0.25) is 5.02 Å². The number of ether oxygens (including phenoxy) is 1.